The summed E-state index contributed by atoms with van der Waals surface area (Å²) < 4.78 is 11.2. The van der Waals surface area contributed by atoms with Crippen LogP contribution in [-0.4, -0.2) is 53.2 Å². The highest BCUT2D eigenvalue weighted by Crippen LogP contribution is 2.20. The molecule has 1 fully saturated rings. The van der Waals surface area contributed by atoms with Crippen molar-refractivity contribution < 1.29 is 9.26 Å². The van der Waals surface area contributed by atoms with Crippen LogP contribution in [-0.2, 0) is 13.1 Å². The molecule has 6 nitrogen and oxygen atoms in total. The first kappa shape index (κ1) is 16.0. The summed E-state index contributed by atoms with van der Waals surface area (Å²) in [6.07, 6.45) is 3.07. The van der Waals surface area contributed by atoms with Gasteiger partial charge in [0.2, 0.25) is 0 Å². The van der Waals surface area contributed by atoms with E-state index < -0.39 is 0 Å². The first-order valence-corrected chi connectivity index (χ1v) is 7.99. The molecule has 1 aliphatic rings. The quantitative estimate of drug-likeness (QED) is 0.813. The van der Waals surface area contributed by atoms with Crippen LogP contribution >= 0.6 is 0 Å². The largest absolute Gasteiger partial charge is 0.489 e. The smallest absolute Gasteiger partial charge is 0.133 e. The topological polar surface area (TPSA) is 54.6 Å². The van der Waals surface area contributed by atoms with Gasteiger partial charge in [0.1, 0.15) is 17.6 Å². The van der Waals surface area contributed by atoms with E-state index in [4.69, 9.17) is 9.26 Å². The van der Waals surface area contributed by atoms with E-state index in [-0.39, 0.29) is 6.10 Å². The lowest BCUT2D eigenvalue weighted by Gasteiger charge is -2.16. The van der Waals surface area contributed by atoms with Crippen LogP contribution in [0.15, 0.2) is 28.9 Å². The van der Waals surface area contributed by atoms with Crippen molar-refractivity contribution in [2.24, 2.45) is 0 Å². The third kappa shape index (κ3) is 4.53. The Morgan fingerprint density at radius 1 is 1.35 bits per heavy atom. The lowest BCUT2D eigenvalue weighted by Crippen LogP contribution is -2.24. The monoisotopic (exact) mass is 316 g/mol. The fraction of sp³-hybridized carbons (Fsp3) is 0.529. The zero-order valence-electron chi connectivity index (χ0n) is 14.0. The second-order valence-electron chi connectivity index (χ2n) is 6.41. The molecule has 1 unspecified atom stereocenters. The molecule has 2 aromatic rings. The van der Waals surface area contributed by atoms with Gasteiger partial charge in [0.15, 0.2) is 0 Å². The minimum Gasteiger partial charge on any atom is -0.489 e. The van der Waals surface area contributed by atoms with Crippen LogP contribution in [0.2, 0.25) is 0 Å². The Balaban J connectivity index is 1.53. The standard InChI is InChI=1S/C17H24N4O2/c1-13-8-15(19-23-13)11-21-7-5-17(12-21)22-16-4-6-18-14(9-16)10-20(2)3/h4,6,8-9,17H,5,7,10-12H2,1-3H3. The zero-order valence-corrected chi connectivity index (χ0v) is 14.0. The number of nitrogens with zero attached hydrogens (tertiary/aromatic N) is 4. The summed E-state index contributed by atoms with van der Waals surface area (Å²) in [4.78, 5) is 8.83. The summed E-state index contributed by atoms with van der Waals surface area (Å²) >= 11 is 0. The number of aromatic nitrogens is 2. The third-order valence-electron chi connectivity index (χ3n) is 3.86. The van der Waals surface area contributed by atoms with Crippen molar-refractivity contribution in [3.63, 3.8) is 0 Å². The molecule has 1 atom stereocenters. The highest BCUT2D eigenvalue weighted by atomic mass is 16.5. The van der Waals surface area contributed by atoms with Crippen molar-refractivity contribution in [3.05, 3.63) is 41.5 Å². The van der Waals surface area contributed by atoms with Gasteiger partial charge in [0, 0.05) is 44.5 Å². The van der Waals surface area contributed by atoms with Crippen molar-refractivity contribution in [2.45, 2.75) is 32.5 Å². The normalized spacial score (nSPS) is 18.7. The highest BCUT2D eigenvalue weighted by molar-refractivity contribution is 5.23. The molecule has 0 amide bonds. The van der Waals surface area contributed by atoms with Gasteiger partial charge in [-0.3, -0.25) is 9.88 Å². The summed E-state index contributed by atoms with van der Waals surface area (Å²) in [6, 6.07) is 5.96. The Morgan fingerprint density at radius 3 is 2.96 bits per heavy atom. The first-order valence-electron chi connectivity index (χ1n) is 7.99. The minimum atomic E-state index is 0.220. The summed E-state index contributed by atoms with van der Waals surface area (Å²) in [7, 11) is 4.07. The Bertz CT molecular complexity index is 641. The number of likely N-dealkylation sites (tertiary alicyclic amines) is 1. The molecule has 0 aromatic carbocycles. The summed E-state index contributed by atoms with van der Waals surface area (Å²) in [5, 5.41) is 4.06. The second kappa shape index (κ2) is 7.10. The number of aryl methyl sites for hydroxylation is 1. The van der Waals surface area contributed by atoms with Crippen LogP contribution in [0.25, 0.3) is 0 Å². The van der Waals surface area contributed by atoms with E-state index in [1.165, 1.54) is 0 Å². The Morgan fingerprint density at radius 2 is 2.22 bits per heavy atom. The molecular formula is C17H24N4O2. The summed E-state index contributed by atoms with van der Waals surface area (Å²) in [5.41, 5.74) is 2.01. The molecule has 124 valence electrons. The summed E-state index contributed by atoms with van der Waals surface area (Å²) in [6.45, 7) is 5.49. The van der Waals surface area contributed by atoms with Crippen molar-refractivity contribution in [1.29, 1.82) is 0 Å². The molecule has 1 aliphatic heterocycles. The average Bonchev–Trinajstić information content (AvgIpc) is 3.08. The zero-order chi connectivity index (χ0) is 16.2. The molecule has 0 bridgehead atoms. The molecule has 1 saturated heterocycles. The van der Waals surface area contributed by atoms with Crippen molar-refractivity contribution in [2.75, 3.05) is 27.2 Å². The molecule has 3 rings (SSSR count). The molecule has 23 heavy (non-hydrogen) atoms. The van der Waals surface area contributed by atoms with Gasteiger partial charge in [0.25, 0.3) is 0 Å². The van der Waals surface area contributed by atoms with Crippen LogP contribution in [0.5, 0.6) is 5.75 Å². The number of pyridine rings is 1. The van der Waals surface area contributed by atoms with E-state index >= 15 is 0 Å². The van der Waals surface area contributed by atoms with E-state index in [0.717, 1.165) is 55.5 Å². The van der Waals surface area contributed by atoms with E-state index in [0.29, 0.717) is 0 Å². The maximum absolute atomic E-state index is 6.13. The van der Waals surface area contributed by atoms with Crippen LogP contribution in [0.4, 0.5) is 0 Å². The van der Waals surface area contributed by atoms with Gasteiger partial charge >= 0.3 is 0 Å². The predicted octanol–water partition coefficient (Wildman–Crippen LogP) is 2.09. The van der Waals surface area contributed by atoms with Gasteiger partial charge in [-0.05, 0) is 33.5 Å². The van der Waals surface area contributed by atoms with E-state index in [9.17, 15) is 0 Å². The van der Waals surface area contributed by atoms with Crippen molar-refractivity contribution in [1.82, 2.24) is 19.9 Å². The average molecular weight is 316 g/mol. The van der Waals surface area contributed by atoms with E-state index in [2.05, 4.69) is 19.9 Å². The molecule has 0 saturated carbocycles. The summed E-state index contributed by atoms with van der Waals surface area (Å²) in [5.74, 6) is 1.76. The van der Waals surface area contributed by atoms with Gasteiger partial charge in [-0.2, -0.15) is 0 Å². The third-order valence-corrected chi connectivity index (χ3v) is 3.86. The Kier molecular flexibility index (Phi) is 4.93. The molecule has 0 N–H and O–H groups in total. The van der Waals surface area contributed by atoms with Crippen molar-refractivity contribution >= 4 is 0 Å². The molecule has 6 heteroatoms. The van der Waals surface area contributed by atoms with E-state index in [1.807, 2.05) is 45.4 Å². The van der Waals surface area contributed by atoms with Gasteiger partial charge in [-0.15, -0.1) is 0 Å². The maximum atomic E-state index is 6.13. The minimum absolute atomic E-state index is 0.220. The maximum Gasteiger partial charge on any atom is 0.133 e. The van der Waals surface area contributed by atoms with Crippen LogP contribution in [0, 0.1) is 6.92 Å². The molecule has 0 spiro atoms. The molecule has 3 heterocycles. The van der Waals surface area contributed by atoms with Crippen LogP contribution < -0.4 is 4.74 Å². The lowest BCUT2D eigenvalue weighted by molar-refractivity contribution is 0.196. The lowest BCUT2D eigenvalue weighted by atomic mass is 10.3. The Hall–Kier alpha value is -1.92. The number of ether oxygens (including phenoxy) is 1. The van der Waals surface area contributed by atoms with E-state index in [1.54, 1.807) is 0 Å². The molecule has 0 radical (unpaired) electrons. The van der Waals surface area contributed by atoms with Crippen LogP contribution in [0.3, 0.4) is 0 Å². The van der Waals surface area contributed by atoms with Crippen molar-refractivity contribution in [3.8, 4) is 5.75 Å². The highest BCUT2D eigenvalue weighted by Gasteiger charge is 2.24. The number of hydrogen-bond acceptors (Lipinski definition) is 6. The fourth-order valence-electron chi connectivity index (χ4n) is 2.89. The first-order chi connectivity index (χ1) is 11.1. The number of rotatable bonds is 6. The van der Waals surface area contributed by atoms with Gasteiger partial charge in [0.05, 0.1) is 11.4 Å². The molecular weight excluding hydrogens is 292 g/mol. The second-order valence-corrected chi connectivity index (χ2v) is 6.41. The Labute approximate surface area is 137 Å². The molecule has 2 aromatic heterocycles. The van der Waals surface area contributed by atoms with Gasteiger partial charge < -0.3 is 14.2 Å². The predicted molar refractivity (Wildman–Crippen MR) is 87.2 cm³/mol. The number of hydrogen-bond donors (Lipinski definition) is 0. The SMILES string of the molecule is Cc1cc(CN2CCC(Oc3ccnc(CN(C)C)c3)C2)no1. The fourth-order valence-corrected chi connectivity index (χ4v) is 2.89. The van der Waals surface area contributed by atoms with Crippen LogP contribution in [0.1, 0.15) is 23.6 Å². The van der Waals surface area contributed by atoms with Gasteiger partial charge in [-0.25, -0.2) is 0 Å². The molecule has 0 aliphatic carbocycles. The van der Waals surface area contributed by atoms with Gasteiger partial charge in [-0.1, -0.05) is 5.16 Å².